The van der Waals surface area contributed by atoms with Crippen molar-refractivity contribution < 1.29 is 0 Å². The molecule has 0 bridgehead atoms. The van der Waals surface area contributed by atoms with Gasteiger partial charge in [0.05, 0.1) is 0 Å². The summed E-state index contributed by atoms with van der Waals surface area (Å²) in [7, 11) is 0. The van der Waals surface area contributed by atoms with E-state index in [1.165, 1.54) is 22.6 Å². The smallest absolute Gasteiger partial charge is 0.00721 e. The van der Waals surface area contributed by atoms with Gasteiger partial charge < -0.3 is 0 Å². The first-order valence-electron chi connectivity index (χ1n) is 4.69. The van der Waals surface area contributed by atoms with Gasteiger partial charge >= 0.3 is 0 Å². The summed E-state index contributed by atoms with van der Waals surface area (Å²) in [4.78, 5) is 1.37. The molecule has 0 aromatic heterocycles. The van der Waals surface area contributed by atoms with Crippen molar-refractivity contribution in [3.05, 3.63) is 42.5 Å². The molecular formula is C12H16S. The lowest BCUT2D eigenvalue weighted by atomic mass is 10.2. The molecule has 1 aromatic rings. The molecule has 0 aliphatic carbocycles. The third-order valence-corrected chi connectivity index (χ3v) is 2.99. The van der Waals surface area contributed by atoms with Crippen molar-refractivity contribution in [2.75, 3.05) is 5.75 Å². The molecule has 0 N–H and O–H groups in total. The van der Waals surface area contributed by atoms with E-state index in [1.807, 2.05) is 17.8 Å². The summed E-state index contributed by atoms with van der Waals surface area (Å²) in [6.07, 6.45) is 4.14. The second kappa shape index (κ2) is 5.87. The van der Waals surface area contributed by atoms with E-state index in [9.17, 15) is 0 Å². The first-order valence-corrected chi connectivity index (χ1v) is 5.68. The van der Waals surface area contributed by atoms with E-state index < -0.39 is 0 Å². The highest BCUT2D eigenvalue weighted by molar-refractivity contribution is 7.99. The Kier molecular flexibility index (Phi) is 4.69. The van der Waals surface area contributed by atoms with Crippen LogP contribution in [0.25, 0.3) is 0 Å². The van der Waals surface area contributed by atoms with Crippen LogP contribution in [0, 0.1) is 0 Å². The molecule has 0 aliphatic heterocycles. The number of hydrogen-bond acceptors (Lipinski definition) is 1. The highest BCUT2D eigenvalue weighted by atomic mass is 32.2. The molecule has 0 fully saturated rings. The Morgan fingerprint density at radius 1 is 1.31 bits per heavy atom. The molecule has 0 amide bonds. The summed E-state index contributed by atoms with van der Waals surface area (Å²) >= 11 is 1.92. The van der Waals surface area contributed by atoms with Crippen molar-refractivity contribution >= 4 is 11.8 Å². The molecule has 13 heavy (non-hydrogen) atoms. The summed E-state index contributed by atoms with van der Waals surface area (Å²) in [5.41, 5.74) is 1.34. The quantitative estimate of drug-likeness (QED) is 0.503. The Morgan fingerprint density at radius 3 is 2.54 bits per heavy atom. The molecule has 0 aliphatic rings. The molecule has 1 aromatic carbocycles. The van der Waals surface area contributed by atoms with Gasteiger partial charge in [0, 0.05) is 4.90 Å². The fourth-order valence-electron chi connectivity index (χ4n) is 1.11. The van der Waals surface area contributed by atoms with Crippen molar-refractivity contribution in [1.82, 2.24) is 0 Å². The van der Waals surface area contributed by atoms with Crippen molar-refractivity contribution in [2.45, 2.75) is 24.7 Å². The van der Waals surface area contributed by atoms with E-state index in [0.717, 1.165) is 6.42 Å². The monoisotopic (exact) mass is 192 g/mol. The highest BCUT2D eigenvalue weighted by Crippen LogP contribution is 2.19. The average Bonchev–Trinajstić information content (AvgIpc) is 2.17. The summed E-state index contributed by atoms with van der Waals surface area (Å²) in [5.74, 6) is 1.21. The van der Waals surface area contributed by atoms with E-state index in [-0.39, 0.29) is 0 Å². The zero-order valence-electron chi connectivity index (χ0n) is 8.12. The van der Waals surface area contributed by atoms with Gasteiger partial charge in [-0.1, -0.05) is 25.1 Å². The molecule has 0 saturated carbocycles. The van der Waals surface area contributed by atoms with Crippen molar-refractivity contribution in [2.24, 2.45) is 0 Å². The number of allylic oxidation sites excluding steroid dienone is 1. The second-order valence-corrected chi connectivity index (χ2v) is 4.15. The van der Waals surface area contributed by atoms with Crippen LogP contribution >= 0.6 is 11.8 Å². The van der Waals surface area contributed by atoms with Crippen molar-refractivity contribution in [1.29, 1.82) is 0 Å². The lowest BCUT2D eigenvalue weighted by Crippen LogP contribution is -1.81. The standard InChI is InChI=1S/C12H16S/c1-3-5-11-6-8-12(9-7-11)13-10-4-2/h3,6-9H,1,4-5,10H2,2H3. The number of hydrogen-bond donors (Lipinski definition) is 0. The number of benzene rings is 1. The minimum atomic E-state index is 0.971. The Bertz CT molecular complexity index is 248. The van der Waals surface area contributed by atoms with Gasteiger partial charge in [0.1, 0.15) is 0 Å². The van der Waals surface area contributed by atoms with Crippen LogP contribution in [-0.4, -0.2) is 5.75 Å². The SMILES string of the molecule is C=CCc1ccc(SCCC)cc1. The predicted octanol–water partition coefficient (Wildman–Crippen LogP) is 3.92. The fraction of sp³-hybridized carbons (Fsp3) is 0.333. The van der Waals surface area contributed by atoms with Gasteiger partial charge in [0.2, 0.25) is 0 Å². The van der Waals surface area contributed by atoms with Crippen LogP contribution in [0.5, 0.6) is 0 Å². The molecule has 1 rings (SSSR count). The first-order chi connectivity index (χ1) is 6.36. The van der Waals surface area contributed by atoms with Gasteiger partial charge in [-0.3, -0.25) is 0 Å². The second-order valence-electron chi connectivity index (χ2n) is 2.99. The number of thioether (sulfide) groups is 1. The minimum absolute atomic E-state index is 0.971. The Morgan fingerprint density at radius 2 is 2.00 bits per heavy atom. The van der Waals surface area contributed by atoms with E-state index in [2.05, 4.69) is 37.8 Å². The van der Waals surface area contributed by atoms with Crippen LogP contribution in [0.2, 0.25) is 0 Å². The maximum atomic E-state index is 3.72. The van der Waals surface area contributed by atoms with Crippen LogP contribution in [0.4, 0.5) is 0 Å². The maximum absolute atomic E-state index is 3.72. The van der Waals surface area contributed by atoms with Crippen LogP contribution in [0.15, 0.2) is 41.8 Å². The van der Waals surface area contributed by atoms with Crippen LogP contribution in [0.1, 0.15) is 18.9 Å². The minimum Gasteiger partial charge on any atom is -0.126 e. The molecule has 0 radical (unpaired) electrons. The van der Waals surface area contributed by atoms with Gasteiger partial charge in [0.25, 0.3) is 0 Å². The third kappa shape index (κ3) is 3.69. The first kappa shape index (κ1) is 10.4. The summed E-state index contributed by atoms with van der Waals surface area (Å²) in [6, 6.07) is 8.75. The Balaban J connectivity index is 2.53. The lowest BCUT2D eigenvalue weighted by molar-refractivity contribution is 1.10. The molecular weight excluding hydrogens is 176 g/mol. The largest absolute Gasteiger partial charge is 0.126 e. The van der Waals surface area contributed by atoms with Crippen LogP contribution < -0.4 is 0 Å². The summed E-state index contributed by atoms with van der Waals surface area (Å²) in [6.45, 7) is 5.93. The molecule has 0 unspecified atom stereocenters. The molecule has 70 valence electrons. The Hall–Kier alpha value is -0.690. The van der Waals surface area contributed by atoms with E-state index in [1.54, 1.807) is 0 Å². The highest BCUT2D eigenvalue weighted by Gasteiger charge is 1.93. The van der Waals surface area contributed by atoms with E-state index >= 15 is 0 Å². The third-order valence-electron chi connectivity index (χ3n) is 1.78. The Labute approximate surface area is 85.1 Å². The maximum Gasteiger partial charge on any atom is 0.00721 e. The molecule has 0 saturated heterocycles. The molecule has 1 heteroatoms. The number of rotatable bonds is 5. The van der Waals surface area contributed by atoms with Gasteiger partial charge in [-0.2, -0.15) is 0 Å². The van der Waals surface area contributed by atoms with Gasteiger partial charge in [-0.25, -0.2) is 0 Å². The summed E-state index contributed by atoms with van der Waals surface area (Å²) in [5, 5.41) is 0. The predicted molar refractivity (Wildman–Crippen MR) is 61.4 cm³/mol. The molecule has 0 atom stereocenters. The normalized spacial score (nSPS) is 9.92. The van der Waals surface area contributed by atoms with E-state index in [0.29, 0.717) is 0 Å². The zero-order valence-corrected chi connectivity index (χ0v) is 8.94. The van der Waals surface area contributed by atoms with Crippen LogP contribution in [0.3, 0.4) is 0 Å². The van der Waals surface area contributed by atoms with Gasteiger partial charge in [-0.15, -0.1) is 18.3 Å². The van der Waals surface area contributed by atoms with Crippen molar-refractivity contribution in [3.8, 4) is 0 Å². The van der Waals surface area contributed by atoms with Crippen molar-refractivity contribution in [3.63, 3.8) is 0 Å². The summed E-state index contributed by atoms with van der Waals surface area (Å²) < 4.78 is 0. The zero-order chi connectivity index (χ0) is 9.52. The fourth-order valence-corrected chi connectivity index (χ4v) is 1.88. The molecule has 0 nitrogen and oxygen atoms in total. The topological polar surface area (TPSA) is 0 Å². The van der Waals surface area contributed by atoms with Gasteiger partial charge in [0.15, 0.2) is 0 Å². The van der Waals surface area contributed by atoms with Crippen LogP contribution in [-0.2, 0) is 6.42 Å². The average molecular weight is 192 g/mol. The van der Waals surface area contributed by atoms with Gasteiger partial charge in [-0.05, 0) is 36.3 Å². The lowest BCUT2D eigenvalue weighted by Gasteiger charge is -2.00. The van der Waals surface area contributed by atoms with E-state index in [4.69, 9.17) is 0 Å². The molecule has 0 heterocycles. The molecule has 0 spiro atoms.